The Balaban J connectivity index is 3.18. The number of rotatable bonds is 2. The molecule has 0 aliphatic rings. The van der Waals surface area contributed by atoms with Crippen molar-refractivity contribution in [2.24, 2.45) is 5.73 Å². The fourth-order valence-electron chi connectivity index (χ4n) is 0.173. The van der Waals surface area contributed by atoms with Gasteiger partial charge in [-0.05, 0) is 19.1 Å². The SMILES string of the molecule is CC(=O)COC(N)=S. The molecule has 46 valence electrons. The highest BCUT2D eigenvalue weighted by Gasteiger charge is 1.91. The van der Waals surface area contributed by atoms with Gasteiger partial charge in [-0.25, -0.2) is 0 Å². The summed E-state index contributed by atoms with van der Waals surface area (Å²) < 4.78 is 4.46. The summed E-state index contributed by atoms with van der Waals surface area (Å²) in [5, 5.41) is -0.0831. The summed E-state index contributed by atoms with van der Waals surface area (Å²) in [5.41, 5.74) is 4.90. The molecule has 0 heterocycles. The maximum atomic E-state index is 10.1. The van der Waals surface area contributed by atoms with Gasteiger partial charge in [-0.3, -0.25) is 4.79 Å². The number of nitrogens with two attached hydrogens (primary N) is 1. The number of ketones is 1. The maximum Gasteiger partial charge on any atom is 0.254 e. The van der Waals surface area contributed by atoms with Crippen LogP contribution in [0.5, 0.6) is 0 Å². The van der Waals surface area contributed by atoms with Gasteiger partial charge in [-0.2, -0.15) is 0 Å². The molecule has 0 aromatic heterocycles. The van der Waals surface area contributed by atoms with E-state index in [1.165, 1.54) is 6.92 Å². The first-order chi connectivity index (χ1) is 3.63. The Kier molecular flexibility index (Phi) is 3.10. The second-order valence-corrected chi connectivity index (χ2v) is 1.71. The van der Waals surface area contributed by atoms with Crippen LogP contribution in [-0.2, 0) is 9.53 Å². The number of carbonyl (C=O) groups is 1. The lowest BCUT2D eigenvalue weighted by Gasteiger charge is -1.96. The number of thiocarbonyl (C=S) groups is 1. The van der Waals surface area contributed by atoms with Crippen molar-refractivity contribution in [3.05, 3.63) is 0 Å². The van der Waals surface area contributed by atoms with E-state index in [9.17, 15) is 4.79 Å². The lowest BCUT2D eigenvalue weighted by Crippen LogP contribution is -2.16. The molecule has 4 heteroatoms. The van der Waals surface area contributed by atoms with Crippen LogP contribution in [-0.4, -0.2) is 17.6 Å². The highest BCUT2D eigenvalue weighted by molar-refractivity contribution is 7.80. The minimum atomic E-state index is -0.0854. The van der Waals surface area contributed by atoms with E-state index in [-0.39, 0.29) is 17.6 Å². The van der Waals surface area contributed by atoms with E-state index in [1.807, 2.05) is 0 Å². The van der Waals surface area contributed by atoms with Gasteiger partial charge in [0, 0.05) is 0 Å². The summed E-state index contributed by atoms with van der Waals surface area (Å²) in [6, 6.07) is 0. The highest BCUT2D eigenvalue weighted by atomic mass is 32.1. The molecule has 0 bridgehead atoms. The zero-order valence-electron chi connectivity index (χ0n) is 4.51. The van der Waals surface area contributed by atoms with Crippen LogP contribution in [0, 0.1) is 0 Å². The Morgan fingerprint density at radius 2 is 2.38 bits per heavy atom. The number of carbonyl (C=O) groups excluding carboxylic acids is 1. The number of ether oxygens (including phenoxy) is 1. The summed E-state index contributed by atoms with van der Waals surface area (Å²) in [7, 11) is 0. The minimum absolute atomic E-state index is 0.0185. The molecule has 0 amide bonds. The molecule has 0 fully saturated rings. The van der Waals surface area contributed by atoms with Crippen LogP contribution in [0.1, 0.15) is 6.92 Å². The molecule has 0 rings (SSSR count). The van der Waals surface area contributed by atoms with Gasteiger partial charge in [-0.1, -0.05) is 0 Å². The van der Waals surface area contributed by atoms with Gasteiger partial charge in [0.15, 0.2) is 5.78 Å². The average molecular weight is 133 g/mol. The largest absolute Gasteiger partial charge is 0.463 e. The van der Waals surface area contributed by atoms with Crippen LogP contribution < -0.4 is 5.73 Å². The third-order valence-corrected chi connectivity index (χ3v) is 0.536. The Morgan fingerprint density at radius 1 is 1.88 bits per heavy atom. The zero-order valence-corrected chi connectivity index (χ0v) is 5.33. The molecule has 8 heavy (non-hydrogen) atoms. The molecule has 2 N–H and O–H groups in total. The molecule has 0 radical (unpaired) electrons. The van der Waals surface area contributed by atoms with Crippen molar-refractivity contribution in [2.45, 2.75) is 6.92 Å². The molecule has 0 aromatic carbocycles. The van der Waals surface area contributed by atoms with E-state index < -0.39 is 0 Å². The fourth-order valence-corrected chi connectivity index (χ4v) is 0.232. The third-order valence-electron chi connectivity index (χ3n) is 0.418. The Hall–Kier alpha value is -0.640. The normalized spacial score (nSPS) is 8.12. The molecule has 0 saturated carbocycles. The monoisotopic (exact) mass is 133 g/mol. The van der Waals surface area contributed by atoms with E-state index in [0.717, 1.165) is 0 Å². The van der Waals surface area contributed by atoms with E-state index in [2.05, 4.69) is 17.0 Å². The molecule has 0 aliphatic heterocycles. The van der Waals surface area contributed by atoms with Gasteiger partial charge in [0.25, 0.3) is 5.17 Å². The topological polar surface area (TPSA) is 52.3 Å². The van der Waals surface area contributed by atoms with Crippen molar-refractivity contribution in [1.29, 1.82) is 0 Å². The number of hydrogen-bond acceptors (Lipinski definition) is 3. The first-order valence-corrected chi connectivity index (χ1v) is 2.45. The summed E-state index contributed by atoms with van der Waals surface area (Å²) >= 11 is 4.32. The van der Waals surface area contributed by atoms with Crippen LogP contribution in [0.4, 0.5) is 0 Å². The lowest BCUT2D eigenvalue weighted by molar-refractivity contribution is -0.119. The summed E-state index contributed by atoms with van der Waals surface area (Å²) in [5.74, 6) is -0.0854. The number of Topliss-reactive ketones (excluding diaryl/α,β-unsaturated/α-hetero) is 1. The van der Waals surface area contributed by atoms with Gasteiger partial charge >= 0.3 is 0 Å². The molecular formula is C4H7NO2S. The lowest BCUT2D eigenvalue weighted by atomic mass is 10.5. The Labute approximate surface area is 52.8 Å². The van der Waals surface area contributed by atoms with Crippen LogP contribution in [0.2, 0.25) is 0 Å². The van der Waals surface area contributed by atoms with Crippen molar-refractivity contribution >= 4 is 23.2 Å². The standard InChI is InChI=1S/C4H7NO2S/c1-3(6)2-7-4(5)8/h2H2,1H3,(H2,5,8). The molecule has 0 spiro atoms. The second kappa shape index (κ2) is 3.37. The molecule has 0 unspecified atom stereocenters. The molecule has 0 aromatic rings. The van der Waals surface area contributed by atoms with Crippen molar-refractivity contribution in [3.63, 3.8) is 0 Å². The average Bonchev–Trinajstić information content (AvgIpc) is 1.61. The first-order valence-electron chi connectivity index (χ1n) is 2.04. The number of hydrogen-bond donors (Lipinski definition) is 1. The first kappa shape index (κ1) is 7.36. The van der Waals surface area contributed by atoms with Crippen LogP contribution in [0.25, 0.3) is 0 Å². The molecular weight excluding hydrogens is 126 g/mol. The Bertz CT molecular complexity index is 98.6. The van der Waals surface area contributed by atoms with Gasteiger partial charge in [-0.15, -0.1) is 0 Å². The zero-order chi connectivity index (χ0) is 6.57. The smallest absolute Gasteiger partial charge is 0.254 e. The van der Waals surface area contributed by atoms with E-state index in [0.29, 0.717) is 0 Å². The van der Waals surface area contributed by atoms with E-state index in [4.69, 9.17) is 5.73 Å². The van der Waals surface area contributed by atoms with Gasteiger partial charge in [0.05, 0.1) is 0 Å². The molecule has 0 saturated heterocycles. The molecule has 3 nitrogen and oxygen atoms in total. The van der Waals surface area contributed by atoms with E-state index >= 15 is 0 Å². The van der Waals surface area contributed by atoms with Crippen LogP contribution >= 0.6 is 12.2 Å². The second-order valence-electron chi connectivity index (χ2n) is 1.31. The van der Waals surface area contributed by atoms with Crippen molar-refractivity contribution in [2.75, 3.05) is 6.61 Å². The summed E-state index contributed by atoms with van der Waals surface area (Å²) in [6.07, 6.45) is 0. The van der Waals surface area contributed by atoms with Gasteiger partial charge in [0.1, 0.15) is 6.61 Å². The molecule has 0 aliphatic carbocycles. The van der Waals surface area contributed by atoms with Crippen molar-refractivity contribution < 1.29 is 9.53 Å². The highest BCUT2D eigenvalue weighted by Crippen LogP contribution is 1.74. The quantitative estimate of drug-likeness (QED) is 0.531. The van der Waals surface area contributed by atoms with Crippen molar-refractivity contribution in [3.8, 4) is 0 Å². The fraction of sp³-hybridized carbons (Fsp3) is 0.500. The Morgan fingerprint density at radius 3 is 2.50 bits per heavy atom. The maximum absolute atomic E-state index is 10.1. The predicted octanol–water partition coefficient (Wildman–Crippen LogP) is -0.164. The minimum Gasteiger partial charge on any atom is -0.463 e. The van der Waals surface area contributed by atoms with Crippen molar-refractivity contribution in [1.82, 2.24) is 0 Å². The van der Waals surface area contributed by atoms with Crippen LogP contribution in [0.3, 0.4) is 0 Å². The summed E-state index contributed by atoms with van der Waals surface area (Å²) in [6.45, 7) is 1.38. The predicted molar refractivity (Wildman–Crippen MR) is 33.4 cm³/mol. The van der Waals surface area contributed by atoms with Crippen LogP contribution in [0.15, 0.2) is 0 Å². The summed E-state index contributed by atoms with van der Waals surface area (Å²) in [4.78, 5) is 10.1. The third kappa shape index (κ3) is 5.36. The van der Waals surface area contributed by atoms with E-state index in [1.54, 1.807) is 0 Å². The molecule has 0 atom stereocenters. The van der Waals surface area contributed by atoms with Gasteiger partial charge < -0.3 is 10.5 Å². The van der Waals surface area contributed by atoms with Gasteiger partial charge in [0.2, 0.25) is 0 Å².